The Bertz CT molecular complexity index is 640. The molecular formula is C13H11N3O4. The van der Waals surface area contributed by atoms with Gasteiger partial charge in [0.15, 0.2) is 0 Å². The van der Waals surface area contributed by atoms with Crippen molar-refractivity contribution in [1.29, 1.82) is 0 Å². The maximum Gasteiger partial charge on any atom is 0.335 e. The molecule has 0 fully saturated rings. The molecule has 0 aliphatic heterocycles. The fourth-order valence-electron chi connectivity index (χ4n) is 1.61. The molecule has 0 atom stereocenters. The van der Waals surface area contributed by atoms with Gasteiger partial charge in [0.25, 0.3) is 5.69 Å². The van der Waals surface area contributed by atoms with Gasteiger partial charge in [0.05, 0.1) is 10.5 Å². The first-order valence-electron chi connectivity index (χ1n) is 5.73. The zero-order chi connectivity index (χ0) is 14.5. The highest BCUT2D eigenvalue weighted by Crippen LogP contribution is 2.13. The molecule has 0 radical (unpaired) electrons. The number of nitro groups is 1. The number of carboxylic acids is 1. The van der Waals surface area contributed by atoms with Crippen LogP contribution in [0.25, 0.3) is 0 Å². The second kappa shape index (κ2) is 5.79. The molecule has 2 N–H and O–H groups in total. The Labute approximate surface area is 114 Å². The van der Waals surface area contributed by atoms with Crippen molar-refractivity contribution in [2.45, 2.75) is 6.54 Å². The zero-order valence-electron chi connectivity index (χ0n) is 10.3. The highest BCUT2D eigenvalue weighted by molar-refractivity contribution is 5.87. The van der Waals surface area contributed by atoms with E-state index >= 15 is 0 Å². The van der Waals surface area contributed by atoms with Gasteiger partial charge in [0, 0.05) is 12.6 Å². The molecule has 1 heterocycles. The van der Waals surface area contributed by atoms with Crippen molar-refractivity contribution < 1.29 is 14.8 Å². The number of anilines is 1. The quantitative estimate of drug-likeness (QED) is 0.639. The van der Waals surface area contributed by atoms with E-state index in [0.717, 1.165) is 11.8 Å². The normalized spacial score (nSPS) is 10.0. The molecule has 0 bridgehead atoms. The van der Waals surface area contributed by atoms with E-state index in [2.05, 4.69) is 10.3 Å². The molecule has 0 spiro atoms. The van der Waals surface area contributed by atoms with Crippen molar-refractivity contribution in [1.82, 2.24) is 4.98 Å². The van der Waals surface area contributed by atoms with E-state index in [-0.39, 0.29) is 11.3 Å². The fourth-order valence-corrected chi connectivity index (χ4v) is 1.61. The summed E-state index contributed by atoms with van der Waals surface area (Å²) in [5, 5.41) is 22.3. The molecule has 2 aromatic rings. The molecule has 2 rings (SSSR count). The number of carboxylic acid groups (broad SMARTS) is 1. The van der Waals surface area contributed by atoms with Gasteiger partial charge < -0.3 is 10.4 Å². The van der Waals surface area contributed by atoms with Crippen LogP contribution in [0, 0.1) is 10.1 Å². The number of aromatic carboxylic acids is 1. The number of nitrogens with zero attached hydrogens (tertiary/aromatic N) is 2. The van der Waals surface area contributed by atoms with Gasteiger partial charge in [-0.15, -0.1) is 0 Å². The predicted molar refractivity (Wildman–Crippen MR) is 71.6 cm³/mol. The summed E-state index contributed by atoms with van der Waals surface area (Å²) >= 11 is 0. The van der Waals surface area contributed by atoms with Gasteiger partial charge in [-0.3, -0.25) is 10.1 Å². The number of aromatic nitrogens is 1. The first-order chi connectivity index (χ1) is 9.56. The molecule has 1 aromatic heterocycles. The molecule has 1 aromatic carbocycles. The Balaban J connectivity index is 2.03. The zero-order valence-corrected chi connectivity index (χ0v) is 10.3. The minimum atomic E-state index is -0.986. The van der Waals surface area contributed by atoms with E-state index in [1.165, 1.54) is 18.2 Å². The number of benzene rings is 1. The molecule has 0 saturated heterocycles. The van der Waals surface area contributed by atoms with E-state index in [9.17, 15) is 14.9 Å². The van der Waals surface area contributed by atoms with E-state index in [1.54, 1.807) is 18.2 Å². The van der Waals surface area contributed by atoms with Gasteiger partial charge in [-0.05, 0) is 23.8 Å². The van der Waals surface area contributed by atoms with Gasteiger partial charge in [-0.1, -0.05) is 12.1 Å². The van der Waals surface area contributed by atoms with Crippen LogP contribution in [0.5, 0.6) is 0 Å². The van der Waals surface area contributed by atoms with Crippen LogP contribution < -0.4 is 5.32 Å². The van der Waals surface area contributed by atoms with E-state index in [1.807, 2.05) is 0 Å². The molecule has 0 aliphatic carbocycles. The number of hydrogen-bond donors (Lipinski definition) is 2. The van der Waals surface area contributed by atoms with Crippen molar-refractivity contribution in [3.05, 3.63) is 63.8 Å². The third-order valence-corrected chi connectivity index (χ3v) is 2.61. The molecular weight excluding hydrogens is 262 g/mol. The lowest BCUT2D eigenvalue weighted by atomic mass is 10.1. The Morgan fingerprint density at radius 3 is 2.75 bits per heavy atom. The maximum absolute atomic E-state index is 10.8. The maximum atomic E-state index is 10.8. The number of carbonyl (C=O) groups is 1. The second-order valence-electron chi connectivity index (χ2n) is 4.02. The van der Waals surface area contributed by atoms with Crippen molar-refractivity contribution >= 4 is 17.5 Å². The summed E-state index contributed by atoms with van der Waals surface area (Å²) < 4.78 is 0. The summed E-state index contributed by atoms with van der Waals surface area (Å²) in [6, 6.07) is 9.35. The summed E-state index contributed by atoms with van der Waals surface area (Å²) in [5.74, 6) is -0.503. The van der Waals surface area contributed by atoms with Crippen molar-refractivity contribution in [3.63, 3.8) is 0 Å². The molecule has 0 saturated carbocycles. The summed E-state index contributed by atoms with van der Waals surface area (Å²) in [7, 11) is 0. The van der Waals surface area contributed by atoms with Crippen LogP contribution in [-0.2, 0) is 6.54 Å². The average Bonchev–Trinajstić information content (AvgIpc) is 2.46. The van der Waals surface area contributed by atoms with E-state index in [4.69, 9.17) is 5.11 Å². The van der Waals surface area contributed by atoms with Crippen molar-refractivity contribution in [3.8, 4) is 0 Å². The Morgan fingerprint density at radius 1 is 1.35 bits per heavy atom. The predicted octanol–water partition coefficient (Wildman–Crippen LogP) is 2.30. The van der Waals surface area contributed by atoms with Crippen LogP contribution in [0.15, 0.2) is 42.6 Å². The van der Waals surface area contributed by atoms with Gasteiger partial charge in [0.2, 0.25) is 0 Å². The third-order valence-electron chi connectivity index (χ3n) is 2.61. The summed E-state index contributed by atoms with van der Waals surface area (Å²) in [5.41, 5.74) is 0.912. The Hall–Kier alpha value is -2.96. The molecule has 0 unspecified atom stereocenters. The van der Waals surface area contributed by atoms with Crippen LogP contribution in [0.1, 0.15) is 15.9 Å². The SMILES string of the molecule is O=C(O)c1cccc(CNc2ccc([N+](=O)[O-])cn2)c1. The number of pyridine rings is 1. The monoisotopic (exact) mass is 273 g/mol. The first kappa shape index (κ1) is 13.5. The lowest BCUT2D eigenvalue weighted by Crippen LogP contribution is -2.03. The van der Waals surface area contributed by atoms with Crippen LogP contribution >= 0.6 is 0 Å². The minimum absolute atomic E-state index is 0.0802. The summed E-state index contributed by atoms with van der Waals surface area (Å²) in [4.78, 5) is 24.7. The first-order valence-corrected chi connectivity index (χ1v) is 5.73. The molecule has 102 valence electrons. The highest BCUT2D eigenvalue weighted by Gasteiger charge is 2.06. The minimum Gasteiger partial charge on any atom is -0.478 e. The van der Waals surface area contributed by atoms with Gasteiger partial charge in [-0.25, -0.2) is 9.78 Å². The van der Waals surface area contributed by atoms with E-state index < -0.39 is 10.9 Å². The Morgan fingerprint density at radius 2 is 2.15 bits per heavy atom. The fraction of sp³-hybridized carbons (Fsp3) is 0.0769. The molecule has 0 aliphatic rings. The smallest absolute Gasteiger partial charge is 0.335 e. The molecule has 7 nitrogen and oxygen atoms in total. The highest BCUT2D eigenvalue weighted by atomic mass is 16.6. The van der Waals surface area contributed by atoms with Gasteiger partial charge in [-0.2, -0.15) is 0 Å². The lowest BCUT2D eigenvalue weighted by molar-refractivity contribution is -0.385. The van der Waals surface area contributed by atoms with Gasteiger partial charge in [0.1, 0.15) is 12.0 Å². The van der Waals surface area contributed by atoms with Crippen LogP contribution in [0.2, 0.25) is 0 Å². The number of hydrogen-bond acceptors (Lipinski definition) is 5. The molecule has 20 heavy (non-hydrogen) atoms. The number of nitrogens with one attached hydrogen (secondary N) is 1. The topological polar surface area (TPSA) is 105 Å². The third kappa shape index (κ3) is 3.29. The standard InChI is InChI=1S/C13H11N3O4/c17-13(18)10-3-1-2-9(6-10)7-14-12-5-4-11(8-15-12)16(19)20/h1-6,8H,7H2,(H,14,15)(H,17,18). The van der Waals surface area contributed by atoms with Crippen molar-refractivity contribution in [2.75, 3.05) is 5.32 Å². The number of rotatable bonds is 5. The summed E-state index contributed by atoms with van der Waals surface area (Å²) in [6.07, 6.45) is 1.16. The Kier molecular flexibility index (Phi) is 3.90. The van der Waals surface area contributed by atoms with Crippen LogP contribution in [-0.4, -0.2) is 21.0 Å². The van der Waals surface area contributed by atoms with Crippen molar-refractivity contribution in [2.24, 2.45) is 0 Å². The van der Waals surface area contributed by atoms with Crippen LogP contribution in [0.3, 0.4) is 0 Å². The second-order valence-corrected chi connectivity index (χ2v) is 4.02. The molecule has 7 heteroatoms. The van der Waals surface area contributed by atoms with E-state index in [0.29, 0.717) is 12.4 Å². The largest absolute Gasteiger partial charge is 0.478 e. The van der Waals surface area contributed by atoms with Crippen LogP contribution in [0.4, 0.5) is 11.5 Å². The average molecular weight is 273 g/mol. The summed E-state index contributed by atoms with van der Waals surface area (Å²) in [6.45, 7) is 0.381. The lowest BCUT2D eigenvalue weighted by Gasteiger charge is -2.06. The van der Waals surface area contributed by atoms with Gasteiger partial charge >= 0.3 is 5.97 Å². The molecule has 0 amide bonds.